The highest BCUT2D eigenvalue weighted by Gasteiger charge is 1.95. The molecular weight excluding hydrogens is 283 g/mol. The van der Waals surface area contributed by atoms with Crippen LogP contribution in [0.2, 0.25) is 10.0 Å². The van der Waals surface area contributed by atoms with Gasteiger partial charge in [-0.2, -0.15) is 0 Å². The van der Waals surface area contributed by atoms with Crippen molar-refractivity contribution in [1.82, 2.24) is 9.97 Å². The number of hydrogen-bond acceptors (Lipinski definition) is 4. The molecule has 0 fully saturated rings. The van der Waals surface area contributed by atoms with Gasteiger partial charge in [0.25, 0.3) is 11.1 Å². The van der Waals surface area contributed by atoms with E-state index in [2.05, 4.69) is 9.97 Å². The van der Waals surface area contributed by atoms with Crippen LogP contribution in [0.3, 0.4) is 0 Å². The lowest BCUT2D eigenvalue weighted by Gasteiger charge is -1.90. The molecule has 0 radical (unpaired) electrons. The van der Waals surface area contributed by atoms with Gasteiger partial charge in [0.2, 0.25) is 0 Å². The van der Waals surface area contributed by atoms with Gasteiger partial charge in [0.15, 0.2) is 0 Å². The van der Waals surface area contributed by atoms with Gasteiger partial charge in [-0.25, -0.2) is 0 Å². The highest BCUT2D eigenvalue weighted by Crippen LogP contribution is 2.17. The van der Waals surface area contributed by atoms with Crippen molar-refractivity contribution in [3.05, 3.63) is 55.3 Å². The fraction of sp³-hybridized carbons (Fsp3) is 0. The lowest BCUT2D eigenvalue weighted by atomic mass is 10.4. The molecule has 4 N–H and O–H groups in total. The summed E-state index contributed by atoms with van der Waals surface area (Å²) in [6.07, 6.45) is 2.47. The first-order valence-corrected chi connectivity index (χ1v) is 5.30. The van der Waals surface area contributed by atoms with Crippen molar-refractivity contribution >= 4 is 23.2 Å². The summed E-state index contributed by atoms with van der Waals surface area (Å²) in [5.41, 5.74) is -0.728. The number of H-pyrrole nitrogens is 2. The third-order valence-electron chi connectivity index (χ3n) is 1.71. The van der Waals surface area contributed by atoms with Crippen LogP contribution in [0.1, 0.15) is 0 Å². The number of hydrogen-bond donors (Lipinski definition) is 4. The predicted molar refractivity (Wildman–Crippen MR) is 67.5 cm³/mol. The third-order valence-corrected chi connectivity index (χ3v) is 2.31. The van der Waals surface area contributed by atoms with Gasteiger partial charge in [0.05, 0.1) is 10.0 Å². The minimum atomic E-state index is -0.364. The molecule has 0 aliphatic rings. The zero-order chi connectivity index (χ0) is 13.7. The number of aromatic hydroxyl groups is 2. The molecule has 0 aromatic carbocycles. The fourth-order valence-corrected chi connectivity index (χ4v) is 1.10. The molecule has 2 rings (SSSR count). The van der Waals surface area contributed by atoms with Crippen LogP contribution in [0.4, 0.5) is 0 Å². The lowest BCUT2D eigenvalue weighted by molar-refractivity contribution is 0.473. The van der Waals surface area contributed by atoms with E-state index in [9.17, 15) is 9.59 Å². The summed E-state index contributed by atoms with van der Waals surface area (Å²) in [5.74, 6) is -0.388. The summed E-state index contributed by atoms with van der Waals surface area (Å²) < 4.78 is 0. The Bertz CT molecular complexity index is 593. The number of nitrogens with one attached hydrogen (secondary N) is 2. The summed E-state index contributed by atoms with van der Waals surface area (Å²) in [6.45, 7) is 0. The van der Waals surface area contributed by atoms with Gasteiger partial charge >= 0.3 is 0 Å². The molecule has 0 amide bonds. The summed E-state index contributed by atoms with van der Waals surface area (Å²) in [7, 11) is 0. The van der Waals surface area contributed by atoms with E-state index in [0.717, 1.165) is 12.1 Å². The summed E-state index contributed by atoms with van der Waals surface area (Å²) in [5, 5.41) is 17.8. The van der Waals surface area contributed by atoms with E-state index in [0.29, 0.717) is 0 Å². The zero-order valence-electron chi connectivity index (χ0n) is 8.78. The maximum absolute atomic E-state index is 10.4. The van der Waals surface area contributed by atoms with E-state index in [1.807, 2.05) is 0 Å². The molecule has 6 nitrogen and oxygen atoms in total. The molecule has 0 unspecified atom stereocenters. The smallest absolute Gasteiger partial charge is 0.251 e. The van der Waals surface area contributed by atoms with Crippen LogP contribution in [0, 0.1) is 0 Å². The highest BCUT2D eigenvalue weighted by atomic mass is 35.5. The van der Waals surface area contributed by atoms with Gasteiger partial charge in [-0.15, -0.1) is 0 Å². The molecule has 0 saturated heterocycles. The first-order chi connectivity index (χ1) is 8.40. The average molecular weight is 291 g/mol. The number of rotatable bonds is 0. The standard InChI is InChI=1S/2C5H4ClNO2/c2*6-3-2-7-5(9)1-4(3)8/h2*1-2H,(H2,7,8,9). The summed E-state index contributed by atoms with van der Waals surface area (Å²) in [6, 6.07) is 2.03. The minimum absolute atomic E-state index is 0.148. The number of aromatic nitrogens is 2. The fourth-order valence-electron chi connectivity index (χ4n) is 0.886. The van der Waals surface area contributed by atoms with Gasteiger partial charge in [0.1, 0.15) is 11.5 Å². The van der Waals surface area contributed by atoms with Gasteiger partial charge in [-0.3, -0.25) is 9.59 Å². The highest BCUT2D eigenvalue weighted by molar-refractivity contribution is 6.32. The van der Waals surface area contributed by atoms with Gasteiger partial charge in [-0.1, -0.05) is 23.2 Å². The largest absolute Gasteiger partial charge is 0.506 e. The second kappa shape index (κ2) is 6.13. The van der Waals surface area contributed by atoms with Crippen LogP contribution >= 0.6 is 23.2 Å². The van der Waals surface area contributed by atoms with E-state index in [1.165, 1.54) is 12.4 Å². The number of pyridine rings is 2. The van der Waals surface area contributed by atoms with Crippen molar-refractivity contribution in [2.75, 3.05) is 0 Å². The molecule has 0 bridgehead atoms. The van der Waals surface area contributed by atoms with Crippen molar-refractivity contribution < 1.29 is 10.2 Å². The molecule has 2 heterocycles. The molecule has 8 heteroatoms. The molecule has 18 heavy (non-hydrogen) atoms. The Morgan fingerprint density at radius 3 is 1.39 bits per heavy atom. The van der Waals surface area contributed by atoms with Crippen LogP contribution in [0.15, 0.2) is 34.1 Å². The Morgan fingerprint density at radius 2 is 1.17 bits per heavy atom. The average Bonchev–Trinajstić information content (AvgIpc) is 2.30. The topological polar surface area (TPSA) is 106 Å². The monoisotopic (exact) mass is 290 g/mol. The minimum Gasteiger partial charge on any atom is -0.506 e. The second-order valence-corrected chi connectivity index (χ2v) is 3.88. The molecule has 0 aliphatic heterocycles. The van der Waals surface area contributed by atoms with Crippen molar-refractivity contribution in [2.24, 2.45) is 0 Å². The Balaban J connectivity index is 0.000000180. The lowest BCUT2D eigenvalue weighted by Crippen LogP contribution is -2.00. The SMILES string of the molecule is O=c1cc(O)c(Cl)c[nH]1.O=c1cc(O)c(Cl)c[nH]1. The normalized spacial score (nSPS) is 9.44. The first kappa shape index (κ1) is 14.1. The van der Waals surface area contributed by atoms with E-state index in [4.69, 9.17) is 33.4 Å². The number of halogens is 2. The molecule has 0 spiro atoms. The van der Waals surface area contributed by atoms with Crippen LogP contribution in [0.25, 0.3) is 0 Å². The van der Waals surface area contributed by atoms with Gasteiger partial charge in [-0.05, 0) is 0 Å². The quantitative estimate of drug-likeness (QED) is 0.589. The van der Waals surface area contributed by atoms with Crippen LogP contribution in [-0.4, -0.2) is 20.2 Å². The van der Waals surface area contributed by atoms with Gasteiger partial charge < -0.3 is 20.2 Å². The predicted octanol–water partition coefficient (Wildman–Crippen LogP) is 1.47. The molecule has 2 aromatic heterocycles. The second-order valence-electron chi connectivity index (χ2n) is 3.06. The van der Waals surface area contributed by atoms with Crippen molar-refractivity contribution in [2.45, 2.75) is 0 Å². The molecule has 0 atom stereocenters. The Kier molecular flexibility index (Phi) is 4.82. The van der Waals surface area contributed by atoms with Crippen molar-refractivity contribution in [1.29, 1.82) is 0 Å². The molecular formula is C10H8Cl2N2O4. The zero-order valence-corrected chi connectivity index (χ0v) is 10.3. The maximum Gasteiger partial charge on any atom is 0.251 e. The Morgan fingerprint density at radius 1 is 0.833 bits per heavy atom. The third kappa shape index (κ3) is 4.15. The maximum atomic E-state index is 10.4. The molecule has 96 valence electrons. The summed E-state index contributed by atoms with van der Waals surface area (Å²) in [4.78, 5) is 25.3. The van der Waals surface area contributed by atoms with Crippen LogP contribution in [-0.2, 0) is 0 Å². The van der Waals surface area contributed by atoms with E-state index in [-0.39, 0.29) is 32.7 Å². The van der Waals surface area contributed by atoms with Gasteiger partial charge in [0, 0.05) is 24.5 Å². The van der Waals surface area contributed by atoms with E-state index >= 15 is 0 Å². The van der Waals surface area contributed by atoms with Crippen molar-refractivity contribution in [3.63, 3.8) is 0 Å². The molecule has 0 saturated carbocycles. The van der Waals surface area contributed by atoms with Crippen LogP contribution in [0.5, 0.6) is 11.5 Å². The Labute approximate surface area is 110 Å². The number of aromatic amines is 2. The van der Waals surface area contributed by atoms with Crippen molar-refractivity contribution in [3.8, 4) is 11.5 Å². The molecule has 2 aromatic rings. The van der Waals surface area contributed by atoms with E-state index in [1.54, 1.807) is 0 Å². The molecule has 0 aliphatic carbocycles. The first-order valence-electron chi connectivity index (χ1n) is 4.54. The van der Waals surface area contributed by atoms with Crippen LogP contribution < -0.4 is 11.1 Å². The Hall–Kier alpha value is -1.92. The van der Waals surface area contributed by atoms with E-state index < -0.39 is 0 Å². The summed E-state index contributed by atoms with van der Waals surface area (Å²) >= 11 is 10.7.